The minimum Gasteiger partial charge on any atom is -0.403 e. The van der Waals surface area contributed by atoms with Crippen LogP contribution in [-0.4, -0.2) is 44.9 Å². The third-order valence-corrected chi connectivity index (χ3v) is 3.10. The van der Waals surface area contributed by atoms with Crippen LogP contribution in [-0.2, 0) is 23.4 Å². The van der Waals surface area contributed by atoms with E-state index in [-0.39, 0.29) is 44.9 Å². The summed E-state index contributed by atoms with van der Waals surface area (Å²) >= 11 is 0. The second-order valence-electron chi connectivity index (χ2n) is 4.28. The Hall–Kier alpha value is -0.0701. The summed E-state index contributed by atoms with van der Waals surface area (Å²) in [6.07, 6.45) is -0.611. The van der Waals surface area contributed by atoms with Crippen molar-refractivity contribution in [1.82, 2.24) is 0 Å². The van der Waals surface area contributed by atoms with E-state index in [2.05, 4.69) is 0 Å². The van der Waals surface area contributed by atoms with Crippen LogP contribution in [0.2, 0.25) is 13.6 Å². The van der Waals surface area contributed by atoms with Crippen molar-refractivity contribution in [2.45, 2.75) is 51.3 Å². The second-order valence-corrected chi connectivity index (χ2v) is 4.28. The van der Waals surface area contributed by atoms with E-state index in [0.29, 0.717) is 0 Å². The first-order valence-electron chi connectivity index (χ1n) is 5.42. The van der Waals surface area contributed by atoms with Crippen molar-refractivity contribution in [3.63, 3.8) is 0 Å². The van der Waals surface area contributed by atoms with Gasteiger partial charge in [-0.05, 0) is 20.6 Å². The van der Waals surface area contributed by atoms with Gasteiger partial charge in [-0.25, -0.2) is 0 Å². The minimum absolute atomic E-state index is 0.0184. The van der Waals surface area contributed by atoms with Crippen LogP contribution in [0.4, 0.5) is 0 Å². The van der Waals surface area contributed by atoms with Crippen LogP contribution >= 0.6 is 0 Å². The highest BCUT2D eigenvalue weighted by atomic mass is 16.8. The summed E-state index contributed by atoms with van der Waals surface area (Å²) in [7, 11) is -0.422. The summed E-state index contributed by atoms with van der Waals surface area (Å²) in [5.74, 6) is 0. The summed E-state index contributed by atoms with van der Waals surface area (Å²) in [6.45, 7) is 5.72. The average Bonchev–Trinajstić information content (AvgIpc) is 2.68. The Bertz CT molecular complexity index is 265. The zero-order chi connectivity index (χ0) is 10.6. The van der Waals surface area contributed by atoms with E-state index >= 15 is 0 Å². The van der Waals surface area contributed by atoms with E-state index in [1.54, 1.807) is 0 Å². The van der Waals surface area contributed by atoms with Crippen LogP contribution in [0, 0.1) is 0 Å². The van der Waals surface area contributed by atoms with E-state index in [1.165, 1.54) is 0 Å². The molecule has 82 valence electrons. The highest BCUT2D eigenvalue weighted by Gasteiger charge is 2.55. The van der Waals surface area contributed by atoms with E-state index in [4.69, 9.17) is 23.4 Å². The lowest BCUT2D eigenvalue weighted by atomic mass is 9.96. The molecule has 0 aliphatic carbocycles. The summed E-state index contributed by atoms with van der Waals surface area (Å²) in [5.41, 5.74) is 0. The molecule has 5 nitrogen and oxygen atoms in total. The van der Waals surface area contributed by atoms with Gasteiger partial charge in [0.2, 0.25) is 0 Å². The van der Waals surface area contributed by atoms with Gasteiger partial charge in [0.1, 0.15) is 6.10 Å². The van der Waals surface area contributed by atoms with Gasteiger partial charge in [0.05, 0.1) is 18.3 Å². The van der Waals surface area contributed by atoms with Crippen LogP contribution in [0.25, 0.3) is 0 Å². The predicted octanol–water partition coefficient (Wildman–Crippen LogP) is 0.167. The van der Waals surface area contributed by atoms with Gasteiger partial charge in [-0.2, -0.15) is 0 Å². The molecular weight excluding hydrogens is 198 g/mol. The van der Waals surface area contributed by atoms with Crippen LogP contribution in [0.15, 0.2) is 0 Å². The molecule has 0 aromatic heterocycles. The van der Waals surface area contributed by atoms with E-state index in [1.807, 2.05) is 20.6 Å². The topological polar surface area (TPSA) is 46.2 Å². The molecule has 3 aliphatic rings. The number of ether oxygens (including phenoxy) is 1. The molecule has 0 radical (unpaired) electrons. The fraction of sp³-hybridized carbons (Fsp3) is 1.00. The predicted molar refractivity (Wildman–Crippen MR) is 53.3 cm³/mol. The van der Waals surface area contributed by atoms with Crippen LogP contribution in [0.5, 0.6) is 0 Å². The third kappa shape index (κ3) is 1.54. The van der Waals surface area contributed by atoms with Crippen molar-refractivity contribution < 1.29 is 23.4 Å². The molecule has 3 aliphatic heterocycles. The lowest BCUT2D eigenvalue weighted by Gasteiger charge is -2.37. The van der Waals surface area contributed by atoms with Gasteiger partial charge < -0.3 is 23.4 Å². The average molecular weight is 212 g/mol. The molecule has 3 fully saturated rings. The summed E-state index contributed by atoms with van der Waals surface area (Å²) in [5, 5.41) is 0. The van der Waals surface area contributed by atoms with E-state index in [0.717, 1.165) is 0 Å². The Morgan fingerprint density at radius 2 is 1.40 bits per heavy atom. The molecular formula is C8H14B2O5. The maximum Gasteiger partial charge on any atom is 0.455 e. The second kappa shape index (κ2) is 3.46. The highest BCUT2D eigenvalue weighted by Crippen LogP contribution is 2.36. The quantitative estimate of drug-likeness (QED) is 0.535. The molecule has 15 heavy (non-hydrogen) atoms. The fourth-order valence-electron chi connectivity index (χ4n) is 2.49. The lowest BCUT2D eigenvalue weighted by Crippen LogP contribution is -2.53. The summed E-state index contributed by atoms with van der Waals surface area (Å²) in [4.78, 5) is 0. The summed E-state index contributed by atoms with van der Waals surface area (Å²) < 4.78 is 28.1. The van der Waals surface area contributed by atoms with Crippen molar-refractivity contribution in [3.8, 4) is 0 Å². The van der Waals surface area contributed by atoms with Gasteiger partial charge in [0, 0.05) is 0 Å². The van der Waals surface area contributed by atoms with Gasteiger partial charge >= 0.3 is 14.2 Å². The first-order valence-corrected chi connectivity index (χ1v) is 5.42. The Morgan fingerprint density at radius 3 is 2.20 bits per heavy atom. The smallest absolute Gasteiger partial charge is 0.403 e. The number of rotatable bonds is 0. The molecule has 0 aromatic carbocycles. The molecule has 0 amide bonds. The molecule has 0 aromatic rings. The molecule has 0 saturated carbocycles. The van der Waals surface area contributed by atoms with E-state index in [9.17, 15) is 0 Å². The van der Waals surface area contributed by atoms with Crippen molar-refractivity contribution in [3.05, 3.63) is 0 Å². The van der Waals surface area contributed by atoms with E-state index < -0.39 is 0 Å². The lowest BCUT2D eigenvalue weighted by molar-refractivity contribution is -0.209. The highest BCUT2D eigenvalue weighted by molar-refractivity contribution is 6.44. The van der Waals surface area contributed by atoms with Crippen LogP contribution in [0.3, 0.4) is 0 Å². The van der Waals surface area contributed by atoms with Crippen molar-refractivity contribution in [2.24, 2.45) is 0 Å². The Labute approximate surface area is 89.6 Å². The van der Waals surface area contributed by atoms with Crippen LogP contribution < -0.4 is 0 Å². The van der Waals surface area contributed by atoms with Crippen LogP contribution in [0.1, 0.15) is 6.92 Å². The Morgan fingerprint density at radius 1 is 0.800 bits per heavy atom. The Balaban J connectivity index is 1.82. The minimum atomic E-state index is -0.315. The Kier molecular flexibility index (Phi) is 2.33. The summed E-state index contributed by atoms with van der Waals surface area (Å²) in [6, 6.07) is 0. The number of fused-ring (bicyclic) bond motifs is 3. The SMILES string of the molecule is CB1OC2OC(C)C3OB(C)OC3C2O1. The van der Waals surface area contributed by atoms with Crippen molar-refractivity contribution in [2.75, 3.05) is 0 Å². The van der Waals surface area contributed by atoms with Gasteiger partial charge in [0.25, 0.3) is 0 Å². The van der Waals surface area contributed by atoms with Gasteiger partial charge in [0.15, 0.2) is 6.29 Å². The first-order chi connectivity index (χ1) is 7.15. The standard InChI is InChI=1S/C8H14B2O5/c1-4-5-6(13-9(2)12-5)7-8(11-4)15-10(3)14-7/h4-8H,1-3H3. The van der Waals surface area contributed by atoms with Crippen molar-refractivity contribution >= 4 is 14.2 Å². The molecule has 5 unspecified atom stereocenters. The fourth-order valence-corrected chi connectivity index (χ4v) is 2.49. The maximum absolute atomic E-state index is 5.69. The zero-order valence-corrected chi connectivity index (χ0v) is 9.08. The first kappa shape index (κ1) is 10.1. The molecule has 3 heterocycles. The molecule has 7 heteroatoms. The van der Waals surface area contributed by atoms with Crippen molar-refractivity contribution in [1.29, 1.82) is 0 Å². The molecule has 3 saturated heterocycles. The molecule has 5 atom stereocenters. The molecule has 0 bridgehead atoms. The maximum atomic E-state index is 5.69. The zero-order valence-electron chi connectivity index (χ0n) is 9.08. The number of hydrogen-bond acceptors (Lipinski definition) is 5. The molecule has 3 rings (SSSR count). The molecule has 0 N–H and O–H groups in total. The van der Waals surface area contributed by atoms with Gasteiger partial charge in [-0.3, -0.25) is 0 Å². The third-order valence-electron chi connectivity index (χ3n) is 3.10. The largest absolute Gasteiger partial charge is 0.455 e. The van der Waals surface area contributed by atoms with Gasteiger partial charge in [-0.15, -0.1) is 0 Å². The molecule has 0 spiro atoms. The number of hydrogen-bond donors (Lipinski definition) is 0. The monoisotopic (exact) mass is 212 g/mol. The van der Waals surface area contributed by atoms with Gasteiger partial charge in [-0.1, -0.05) is 0 Å². The normalized spacial score (nSPS) is 49.4.